The highest BCUT2D eigenvalue weighted by Gasteiger charge is 2.35. The molecule has 2 N–H and O–H groups in total. The van der Waals surface area contributed by atoms with E-state index < -0.39 is 43.0 Å². The number of ether oxygens (including phenoxy) is 2. The Hall–Kier alpha value is -4.09. The average Bonchev–Trinajstić information content (AvgIpc) is 2.99. The predicted molar refractivity (Wildman–Crippen MR) is 161 cm³/mol. The molecule has 0 saturated carbocycles. The van der Waals surface area contributed by atoms with Gasteiger partial charge in [0.25, 0.3) is 5.91 Å². The van der Waals surface area contributed by atoms with Crippen LogP contribution in [0.25, 0.3) is 0 Å². The van der Waals surface area contributed by atoms with Crippen LogP contribution in [0.5, 0.6) is 17.2 Å². The molecule has 1 heterocycles. The molecule has 1 aliphatic rings. The second-order valence-corrected chi connectivity index (χ2v) is 11.2. The Morgan fingerprint density at radius 1 is 1.09 bits per heavy atom. The molecule has 0 aromatic heterocycles. The molecule has 0 aliphatic carbocycles. The van der Waals surface area contributed by atoms with Gasteiger partial charge in [-0.15, -0.1) is 0 Å². The van der Waals surface area contributed by atoms with Crippen LogP contribution >= 0.6 is 0 Å². The molecule has 8 nitrogen and oxygen atoms in total. The van der Waals surface area contributed by atoms with Crippen molar-refractivity contribution in [2.75, 3.05) is 32.1 Å². The zero-order chi connectivity index (χ0) is 31.9. The predicted octanol–water partition coefficient (Wildman–Crippen LogP) is 6.11. The molecule has 0 unspecified atom stereocenters. The molecule has 0 saturated heterocycles. The van der Waals surface area contributed by atoms with E-state index in [9.17, 15) is 27.9 Å². The first-order valence-electron chi connectivity index (χ1n) is 14.5. The van der Waals surface area contributed by atoms with Crippen LogP contribution in [-0.4, -0.2) is 71.8 Å². The Morgan fingerprint density at radius 2 is 1.77 bits per heavy atom. The summed E-state index contributed by atoms with van der Waals surface area (Å²) in [6.45, 7) is 4.75. The van der Waals surface area contributed by atoms with Gasteiger partial charge in [0.15, 0.2) is 5.75 Å². The number of rotatable bonds is 11. The number of halogens is 3. The zero-order valence-corrected chi connectivity index (χ0v) is 25.0. The largest absolute Gasteiger partial charge is 0.486 e. The number of para-hydroxylation sites is 2. The van der Waals surface area contributed by atoms with Gasteiger partial charge in [-0.25, -0.2) is 0 Å². The maximum atomic E-state index is 13.6. The molecule has 3 aromatic carbocycles. The fourth-order valence-corrected chi connectivity index (χ4v) is 5.00. The summed E-state index contributed by atoms with van der Waals surface area (Å²) in [7, 11) is 1.94. The summed E-state index contributed by atoms with van der Waals surface area (Å²) >= 11 is 0. The van der Waals surface area contributed by atoms with E-state index in [1.165, 1.54) is 6.07 Å². The third kappa shape index (κ3) is 8.96. The molecule has 1 aliphatic heterocycles. The maximum absolute atomic E-state index is 13.6. The highest BCUT2D eigenvalue weighted by atomic mass is 19.4. The Balaban J connectivity index is 1.53. The highest BCUT2D eigenvalue weighted by molar-refractivity contribution is 6.01. The highest BCUT2D eigenvalue weighted by Crippen LogP contribution is 2.35. The Kier molecular flexibility index (Phi) is 10.9. The van der Waals surface area contributed by atoms with Crippen molar-refractivity contribution in [3.05, 3.63) is 83.9 Å². The van der Waals surface area contributed by atoms with Crippen molar-refractivity contribution in [1.29, 1.82) is 0 Å². The van der Waals surface area contributed by atoms with Gasteiger partial charge in [-0.1, -0.05) is 43.3 Å². The standard InChI is InChI=1S/C33H38F3N3O5/c1-22-18-39(23(2)21-40)32(42)27-10-7-11-28(37-30(41)16-17-33(34,35)36)31(27)44-29(22)20-38(3)19-24-12-14-26(15-13-24)43-25-8-5-4-6-9-25/h4-15,22-23,29,40H,16-21H2,1-3H3,(H,37,41)/t22-,23+,29+/m0/s1. The number of nitrogens with one attached hydrogen (secondary N) is 1. The molecule has 236 valence electrons. The molecule has 2 amide bonds. The number of carbonyl (C=O) groups excluding carboxylic acids is 2. The minimum atomic E-state index is -4.48. The van der Waals surface area contributed by atoms with Gasteiger partial charge in [0.1, 0.15) is 17.6 Å². The topological polar surface area (TPSA) is 91.3 Å². The number of likely N-dealkylation sites (N-methyl/N-ethyl adjacent to an activating group) is 1. The number of nitrogens with zero attached hydrogens (tertiary/aromatic N) is 2. The summed E-state index contributed by atoms with van der Waals surface area (Å²) < 4.78 is 50.5. The van der Waals surface area contributed by atoms with E-state index in [2.05, 4.69) is 10.2 Å². The Morgan fingerprint density at radius 3 is 2.43 bits per heavy atom. The summed E-state index contributed by atoms with van der Waals surface area (Å²) in [5.74, 6) is 0.121. The summed E-state index contributed by atoms with van der Waals surface area (Å²) in [5.41, 5.74) is 1.32. The number of aliphatic hydroxyl groups is 1. The van der Waals surface area contributed by atoms with Crippen molar-refractivity contribution in [3.63, 3.8) is 0 Å². The van der Waals surface area contributed by atoms with Gasteiger partial charge < -0.3 is 24.8 Å². The minimum Gasteiger partial charge on any atom is -0.486 e. The van der Waals surface area contributed by atoms with Crippen molar-refractivity contribution in [3.8, 4) is 17.2 Å². The Labute approximate surface area is 255 Å². The summed E-state index contributed by atoms with van der Waals surface area (Å²) in [6.07, 6.45) is -6.96. The van der Waals surface area contributed by atoms with E-state index in [0.717, 1.165) is 11.3 Å². The van der Waals surface area contributed by atoms with Crippen LogP contribution in [0.4, 0.5) is 18.9 Å². The molecule has 4 rings (SSSR count). The Bertz CT molecular complexity index is 1400. The normalized spacial score (nSPS) is 17.7. The molecule has 3 aromatic rings. The third-order valence-corrected chi connectivity index (χ3v) is 7.45. The van der Waals surface area contributed by atoms with Crippen molar-refractivity contribution in [1.82, 2.24) is 9.80 Å². The van der Waals surface area contributed by atoms with Crippen LogP contribution in [0.15, 0.2) is 72.8 Å². The lowest BCUT2D eigenvalue weighted by atomic mass is 9.98. The summed E-state index contributed by atoms with van der Waals surface area (Å²) in [6, 6.07) is 21.3. The first kappa shape index (κ1) is 32.8. The lowest BCUT2D eigenvalue weighted by Gasteiger charge is -2.38. The monoisotopic (exact) mass is 613 g/mol. The fourth-order valence-electron chi connectivity index (χ4n) is 5.00. The molecule has 0 spiro atoms. The van der Waals surface area contributed by atoms with Crippen LogP contribution in [0, 0.1) is 5.92 Å². The number of hydrogen-bond donors (Lipinski definition) is 2. The average molecular weight is 614 g/mol. The van der Waals surface area contributed by atoms with Crippen molar-refractivity contribution in [2.24, 2.45) is 5.92 Å². The SMILES string of the molecule is C[C@H](CO)N1C[C@H](C)[C@@H](CN(C)Cc2ccc(Oc3ccccc3)cc2)Oc2c(NC(=O)CCC(F)(F)F)cccc2C1=O. The van der Waals surface area contributed by atoms with Gasteiger partial charge in [0, 0.05) is 32.0 Å². The number of amides is 2. The molecular weight excluding hydrogens is 575 g/mol. The number of carbonyl (C=O) groups is 2. The van der Waals surface area contributed by atoms with Crippen molar-refractivity contribution < 1.29 is 37.3 Å². The number of fused-ring (bicyclic) bond motifs is 1. The minimum absolute atomic E-state index is 0.0976. The molecular formula is C33H38F3N3O5. The first-order valence-corrected chi connectivity index (χ1v) is 14.5. The van der Waals surface area contributed by atoms with E-state index in [1.54, 1.807) is 24.0 Å². The van der Waals surface area contributed by atoms with Crippen LogP contribution in [0.2, 0.25) is 0 Å². The molecule has 0 radical (unpaired) electrons. The third-order valence-electron chi connectivity index (χ3n) is 7.45. The molecule has 0 bridgehead atoms. The van der Waals surface area contributed by atoms with Crippen LogP contribution in [0.1, 0.15) is 42.6 Å². The van der Waals surface area contributed by atoms with Crippen molar-refractivity contribution >= 4 is 17.5 Å². The van der Waals surface area contributed by atoms with Gasteiger partial charge in [-0.3, -0.25) is 14.5 Å². The second-order valence-electron chi connectivity index (χ2n) is 11.2. The van der Waals surface area contributed by atoms with Gasteiger partial charge in [-0.05, 0) is 55.9 Å². The smallest absolute Gasteiger partial charge is 0.389 e. The van der Waals surface area contributed by atoms with E-state index in [0.29, 0.717) is 25.4 Å². The molecule has 3 atom stereocenters. The first-order chi connectivity index (χ1) is 20.9. The lowest BCUT2D eigenvalue weighted by molar-refractivity contribution is -0.142. The number of alkyl halides is 3. The second kappa shape index (κ2) is 14.6. The van der Waals surface area contributed by atoms with Gasteiger partial charge in [-0.2, -0.15) is 13.2 Å². The lowest BCUT2D eigenvalue weighted by Crippen LogP contribution is -2.49. The molecule has 44 heavy (non-hydrogen) atoms. The molecule has 0 fully saturated rings. The van der Waals surface area contributed by atoms with Crippen LogP contribution < -0.4 is 14.8 Å². The molecule has 11 heteroatoms. The van der Waals surface area contributed by atoms with Crippen molar-refractivity contribution in [2.45, 2.75) is 51.6 Å². The van der Waals surface area contributed by atoms with E-state index in [4.69, 9.17) is 9.47 Å². The number of aliphatic hydroxyl groups excluding tert-OH is 1. The summed E-state index contributed by atoms with van der Waals surface area (Å²) in [4.78, 5) is 29.7. The number of benzene rings is 3. The van der Waals surface area contributed by atoms with Gasteiger partial charge in [0.05, 0.1) is 30.3 Å². The maximum Gasteiger partial charge on any atom is 0.389 e. The summed E-state index contributed by atoms with van der Waals surface area (Å²) in [5, 5.41) is 12.4. The quantitative estimate of drug-likeness (QED) is 0.271. The van der Waals surface area contributed by atoms with E-state index in [1.807, 2.05) is 68.6 Å². The van der Waals surface area contributed by atoms with Crippen LogP contribution in [-0.2, 0) is 11.3 Å². The van der Waals surface area contributed by atoms with E-state index >= 15 is 0 Å². The van der Waals surface area contributed by atoms with Gasteiger partial charge >= 0.3 is 6.18 Å². The number of hydrogen-bond acceptors (Lipinski definition) is 6. The van der Waals surface area contributed by atoms with Crippen LogP contribution in [0.3, 0.4) is 0 Å². The zero-order valence-electron chi connectivity index (χ0n) is 25.0. The van der Waals surface area contributed by atoms with E-state index in [-0.39, 0.29) is 29.5 Å². The van der Waals surface area contributed by atoms with Gasteiger partial charge in [0.2, 0.25) is 5.91 Å². The fraction of sp³-hybridized carbons (Fsp3) is 0.394. The number of anilines is 1.